The fourth-order valence-electron chi connectivity index (χ4n) is 1.36. The van der Waals surface area contributed by atoms with Gasteiger partial charge in [0, 0.05) is 17.1 Å². The number of halogens is 4. The summed E-state index contributed by atoms with van der Waals surface area (Å²) in [5.74, 6) is 0. The van der Waals surface area contributed by atoms with E-state index in [0.29, 0.717) is 0 Å². The Labute approximate surface area is 157 Å². The van der Waals surface area contributed by atoms with Gasteiger partial charge in [-0.2, -0.15) is 0 Å². The molecule has 0 aliphatic carbocycles. The van der Waals surface area contributed by atoms with Crippen molar-refractivity contribution in [1.29, 1.82) is 0 Å². The smallest absolute Gasteiger partial charge is 0.240 e. The molecule has 0 radical (unpaired) electrons. The monoisotopic (exact) mass is 543 g/mol. The average Bonchev–Trinajstić information content (AvgIpc) is 2.45. The zero-order chi connectivity index (χ0) is 8.81. The molecule has 0 fully saturated rings. The molecule has 0 bridgehead atoms. The van der Waals surface area contributed by atoms with Gasteiger partial charge in [-0.25, -0.2) is 9.13 Å². The maximum atomic E-state index is 2.25. The molecule has 0 atom stereocenters. The Balaban J connectivity index is -0.0000000960. The van der Waals surface area contributed by atoms with E-state index < -0.39 is 0 Å². The van der Waals surface area contributed by atoms with Crippen LogP contribution in [-0.2, 0) is 30.7 Å². The molecule has 0 spiro atoms. The molecule has 0 N–H and O–H groups in total. The molecule has 0 aliphatic heterocycles. The van der Waals surface area contributed by atoms with Gasteiger partial charge in [0.1, 0.15) is 12.4 Å². The molecule has 1 heterocycles. The van der Waals surface area contributed by atoms with Crippen molar-refractivity contribution in [3.05, 3.63) is 18.7 Å². The van der Waals surface area contributed by atoms with Crippen molar-refractivity contribution in [3.8, 4) is 0 Å². The second kappa shape index (κ2) is 20.0. The number of hydrogen-bond donors (Lipinski definition) is 0. The number of hydrogen-bond acceptors (Lipinski definition) is 0. The van der Waals surface area contributed by atoms with Gasteiger partial charge in [0.05, 0.1) is 13.6 Å². The van der Waals surface area contributed by atoms with Gasteiger partial charge in [-0.05, 0) is 12.8 Å². The van der Waals surface area contributed by atoms with Crippen LogP contribution in [0.15, 0.2) is 18.7 Å². The van der Waals surface area contributed by atoms with E-state index in [2.05, 4.69) is 41.8 Å². The van der Waals surface area contributed by atoms with Crippen LogP contribution in [0.1, 0.15) is 32.6 Å². The van der Waals surface area contributed by atoms with Gasteiger partial charge >= 0.3 is 0 Å². The summed E-state index contributed by atoms with van der Waals surface area (Å²) in [6, 6.07) is 0. The van der Waals surface area contributed by atoms with Gasteiger partial charge < -0.3 is 0 Å². The number of aryl methyl sites for hydroxylation is 2. The van der Waals surface area contributed by atoms with E-state index in [-0.39, 0.29) is 85.0 Å². The Morgan fingerprint density at radius 1 is 1.00 bits per heavy atom. The van der Waals surface area contributed by atoms with E-state index >= 15 is 0 Å². The number of nitrogens with zero attached hydrogens (tertiary/aromatic N) is 2. The van der Waals surface area contributed by atoms with Crippen LogP contribution in [0.3, 0.4) is 0 Å². The normalized spacial score (nSPS) is 7.41. The second-order valence-electron chi connectivity index (χ2n) is 3.38. The first-order valence-corrected chi connectivity index (χ1v) is 4.84. The Hall–Kier alpha value is 1.65. The largest absolute Gasteiger partial charge is 0.243 e. The Morgan fingerprint density at radius 3 is 2.00 bits per heavy atom. The van der Waals surface area contributed by atoms with Gasteiger partial charge in [0.15, 0.2) is 0 Å². The molecule has 0 aliphatic rings. The van der Waals surface area contributed by atoms with Crippen LogP contribution in [0, 0.1) is 0 Å². The molecule has 1 aromatic rings. The second-order valence-corrected chi connectivity index (χ2v) is 3.38. The molecule has 1 aromatic heterocycles. The van der Waals surface area contributed by atoms with Crippen LogP contribution in [0.2, 0.25) is 0 Å². The summed E-state index contributed by atoms with van der Waals surface area (Å²) in [5.41, 5.74) is 0. The molecule has 7 heteroatoms. The molecule has 0 saturated carbocycles. The maximum Gasteiger partial charge on any atom is 0.243 e. The molecule has 17 heavy (non-hydrogen) atoms. The van der Waals surface area contributed by atoms with Crippen molar-refractivity contribution >= 4 is 67.9 Å². The van der Waals surface area contributed by atoms with Gasteiger partial charge in [-0.3, -0.25) is 0 Å². The molecule has 0 amide bonds. The van der Waals surface area contributed by atoms with Crippen LogP contribution in [0.5, 0.6) is 0 Å². The van der Waals surface area contributed by atoms with Crippen molar-refractivity contribution in [1.82, 2.24) is 4.57 Å². The van der Waals surface area contributed by atoms with Crippen LogP contribution in [-0.4, -0.2) is 4.57 Å². The van der Waals surface area contributed by atoms with Crippen molar-refractivity contribution in [2.24, 2.45) is 7.05 Å². The van der Waals surface area contributed by atoms with Crippen LogP contribution in [0.4, 0.5) is 0 Å². The minimum absolute atomic E-state index is 0. The predicted molar refractivity (Wildman–Crippen MR) is 91.0 cm³/mol. The molecule has 108 valence electrons. The van der Waals surface area contributed by atoms with Gasteiger partial charge in [0.25, 0.3) is 0 Å². The average molecular weight is 547 g/mol. The minimum atomic E-state index is 0. The predicted octanol–water partition coefficient (Wildman–Crippen LogP) is 4.20. The third-order valence-corrected chi connectivity index (χ3v) is 2.09. The SMILES string of the molecule is Br.Br.Br.Br.CCCCCC[n+]1ccn(C)c1.[Fe]. The summed E-state index contributed by atoms with van der Waals surface area (Å²) in [6.45, 7) is 3.41. The topological polar surface area (TPSA) is 8.81 Å². The molecular formula is C10H23Br4FeN2+. The van der Waals surface area contributed by atoms with E-state index in [1.807, 2.05) is 0 Å². The quantitative estimate of drug-likeness (QED) is 0.297. The summed E-state index contributed by atoms with van der Waals surface area (Å²) in [5, 5.41) is 0. The Kier molecular flexibility index (Phi) is 36.6. The molecule has 0 aromatic carbocycles. The summed E-state index contributed by atoms with van der Waals surface area (Å²) in [4.78, 5) is 0. The molecule has 0 saturated heterocycles. The molecule has 1 rings (SSSR count). The fraction of sp³-hybridized carbons (Fsp3) is 0.700. The standard InChI is InChI=1S/C10H19N2.4BrH.Fe/c1-3-4-5-6-7-12-9-8-11(2)10-12;;;;;/h8-10H,3-7H2,1-2H3;4*1H;/q+1;;;;;. The third-order valence-electron chi connectivity index (χ3n) is 2.09. The maximum absolute atomic E-state index is 2.25. The van der Waals surface area contributed by atoms with Gasteiger partial charge in [-0.1, -0.05) is 19.8 Å². The van der Waals surface area contributed by atoms with Gasteiger partial charge in [0.2, 0.25) is 6.33 Å². The van der Waals surface area contributed by atoms with Crippen molar-refractivity contribution < 1.29 is 21.6 Å². The summed E-state index contributed by atoms with van der Waals surface area (Å²) in [7, 11) is 2.06. The summed E-state index contributed by atoms with van der Waals surface area (Å²) < 4.78 is 4.33. The van der Waals surface area contributed by atoms with Crippen molar-refractivity contribution in [2.45, 2.75) is 39.2 Å². The first-order valence-electron chi connectivity index (χ1n) is 4.84. The Bertz CT molecular complexity index is 234. The number of imidazole rings is 1. The van der Waals surface area contributed by atoms with E-state index in [0.717, 1.165) is 0 Å². The number of rotatable bonds is 5. The summed E-state index contributed by atoms with van der Waals surface area (Å²) >= 11 is 0. The van der Waals surface area contributed by atoms with E-state index in [1.54, 1.807) is 0 Å². The van der Waals surface area contributed by atoms with Crippen molar-refractivity contribution in [2.75, 3.05) is 0 Å². The molecular weight excluding hydrogens is 524 g/mol. The van der Waals surface area contributed by atoms with Crippen molar-refractivity contribution in [3.63, 3.8) is 0 Å². The zero-order valence-corrected chi connectivity index (χ0v) is 18.1. The van der Waals surface area contributed by atoms with Crippen LogP contribution < -0.4 is 4.57 Å². The van der Waals surface area contributed by atoms with Crippen LogP contribution in [0.25, 0.3) is 0 Å². The van der Waals surface area contributed by atoms with E-state index in [4.69, 9.17) is 0 Å². The molecule has 2 nitrogen and oxygen atoms in total. The summed E-state index contributed by atoms with van der Waals surface area (Å²) in [6.07, 6.45) is 11.7. The van der Waals surface area contributed by atoms with Gasteiger partial charge in [-0.15, -0.1) is 67.9 Å². The molecule has 0 unspecified atom stereocenters. The van der Waals surface area contributed by atoms with E-state index in [9.17, 15) is 0 Å². The number of unbranched alkanes of at least 4 members (excludes halogenated alkanes) is 3. The third kappa shape index (κ3) is 15.6. The first kappa shape index (κ1) is 31.2. The first-order chi connectivity index (χ1) is 5.83. The minimum Gasteiger partial charge on any atom is -0.240 e. The van der Waals surface area contributed by atoms with E-state index in [1.165, 1.54) is 32.2 Å². The Morgan fingerprint density at radius 2 is 1.59 bits per heavy atom. The van der Waals surface area contributed by atoms with Crippen LogP contribution >= 0.6 is 67.9 Å². The fourth-order valence-corrected chi connectivity index (χ4v) is 1.36. The number of aromatic nitrogens is 2. The zero-order valence-electron chi connectivity index (χ0n) is 10.1.